The first kappa shape index (κ1) is 14.5. The first-order valence-corrected chi connectivity index (χ1v) is 5.67. The Labute approximate surface area is 94.4 Å². The molecule has 0 aromatic heterocycles. The highest BCUT2D eigenvalue weighted by Gasteiger charge is 2.39. The van der Waals surface area contributed by atoms with Crippen LogP contribution in [0.25, 0.3) is 0 Å². The minimum Gasteiger partial charge on any atom is -0.459 e. The molecular weight excluding hydrogens is 188 g/mol. The predicted molar refractivity (Wildman–Crippen MR) is 63.7 cm³/mol. The Kier molecular flexibility index (Phi) is 4.00. The van der Waals surface area contributed by atoms with E-state index in [1.54, 1.807) is 0 Å². The molecule has 0 aromatic rings. The van der Waals surface area contributed by atoms with Gasteiger partial charge in [-0.1, -0.05) is 27.7 Å². The summed E-state index contributed by atoms with van der Waals surface area (Å²) in [5.74, 6) is -0.107. The second-order valence-electron chi connectivity index (χ2n) is 6.39. The Morgan fingerprint density at radius 1 is 1.00 bits per heavy atom. The molecule has 0 fully saturated rings. The molecule has 0 atom stereocenters. The van der Waals surface area contributed by atoms with Crippen molar-refractivity contribution in [3.63, 3.8) is 0 Å². The fourth-order valence-electron chi connectivity index (χ4n) is 0.667. The van der Waals surface area contributed by atoms with Crippen LogP contribution in [0.5, 0.6) is 0 Å². The first-order chi connectivity index (χ1) is 6.44. The van der Waals surface area contributed by atoms with Crippen molar-refractivity contribution in [2.75, 3.05) is 0 Å². The van der Waals surface area contributed by atoms with Gasteiger partial charge in [-0.3, -0.25) is 4.79 Å². The molecule has 0 spiro atoms. The zero-order valence-corrected chi connectivity index (χ0v) is 11.5. The normalized spacial score (nSPS) is 13.9. The van der Waals surface area contributed by atoms with Crippen LogP contribution in [0.15, 0.2) is 0 Å². The van der Waals surface area contributed by atoms with Crippen LogP contribution in [0.3, 0.4) is 0 Å². The van der Waals surface area contributed by atoms with Crippen molar-refractivity contribution in [2.24, 2.45) is 10.8 Å². The van der Waals surface area contributed by atoms with E-state index in [1.807, 2.05) is 34.6 Å². The van der Waals surface area contributed by atoms with E-state index >= 15 is 0 Å². The van der Waals surface area contributed by atoms with Gasteiger partial charge in [-0.2, -0.15) is 0 Å². The number of carbonyl (C=O) groups is 1. The third-order valence-corrected chi connectivity index (χ3v) is 3.59. The molecule has 0 bridgehead atoms. The summed E-state index contributed by atoms with van der Waals surface area (Å²) in [6.07, 6.45) is 0.798. The lowest BCUT2D eigenvalue weighted by molar-refractivity contribution is -0.178. The molecule has 0 aliphatic carbocycles. The molecule has 2 nitrogen and oxygen atoms in total. The van der Waals surface area contributed by atoms with Crippen LogP contribution >= 0.6 is 0 Å². The standard InChI is InChI=1S/C13H26O2/c1-9-12(5,6)10(14)15-13(7,8)11(2,3)4/h9H2,1-8H3. The van der Waals surface area contributed by atoms with Crippen LogP contribution in [-0.2, 0) is 9.53 Å². The van der Waals surface area contributed by atoms with Gasteiger partial charge in [0.1, 0.15) is 5.60 Å². The van der Waals surface area contributed by atoms with E-state index in [9.17, 15) is 4.79 Å². The molecule has 0 aliphatic rings. The molecule has 0 rings (SSSR count). The molecule has 15 heavy (non-hydrogen) atoms. The van der Waals surface area contributed by atoms with Gasteiger partial charge in [-0.15, -0.1) is 0 Å². The minimum atomic E-state index is -0.434. The summed E-state index contributed by atoms with van der Waals surface area (Å²) in [6, 6.07) is 0. The van der Waals surface area contributed by atoms with Gasteiger partial charge in [-0.05, 0) is 34.1 Å². The van der Waals surface area contributed by atoms with Crippen LogP contribution in [0.2, 0.25) is 0 Å². The Morgan fingerprint density at radius 3 is 1.67 bits per heavy atom. The van der Waals surface area contributed by atoms with E-state index in [1.165, 1.54) is 0 Å². The van der Waals surface area contributed by atoms with Gasteiger partial charge >= 0.3 is 5.97 Å². The predicted octanol–water partition coefficient (Wildman–Crippen LogP) is 3.79. The maximum atomic E-state index is 11.9. The molecule has 0 radical (unpaired) electrons. The lowest BCUT2D eigenvalue weighted by Gasteiger charge is -2.40. The second kappa shape index (κ2) is 4.15. The van der Waals surface area contributed by atoms with Gasteiger partial charge < -0.3 is 4.74 Å². The maximum absolute atomic E-state index is 11.9. The van der Waals surface area contributed by atoms with E-state index in [0.717, 1.165) is 6.42 Å². The van der Waals surface area contributed by atoms with Crippen molar-refractivity contribution in [1.82, 2.24) is 0 Å². The van der Waals surface area contributed by atoms with Crippen molar-refractivity contribution >= 4 is 5.97 Å². The Morgan fingerprint density at radius 2 is 1.40 bits per heavy atom. The van der Waals surface area contributed by atoms with Crippen LogP contribution in [-0.4, -0.2) is 11.6 Å². The van der Waals surface area contributed by atoms with Crippen molar-refractivity contribution in [2.45, 2.75) is 67.4 Å². The highest BCUT2D eigenvalue weighted by Crippen LogP contribution is 2.35. The van der Waals surface area contributed by atoms with Gasteiger partial charge in [0.15, 0.2) is 0 Å². The summed E-state index contributed by atoms with van der Waals surface area (Å²) in [4.78, 5) is 11.9. The van der Waals surface area contributed by atoms with E-state index in [-0.39, 0.29) is 16.8 Å². The molecule has 0 N–H and O–H groups in total. The quantitative estimate of drug-likeness (QED) is 0.668. The number of rotatable bonds is 3. The summed E-state index contributed by atoms with van der Waals surface area (Å²) in [7, 11) is 0. The number of ether oxygens (including phenoxy) is 1. The highest BCUT2D eigenvalue weighted by atomic mass is 16.6. The van der Waals surface area contributed by atoms with Gasteiger partial charge in [0.05, 0.1) is 5.41 Å². The molecule has 0 aliphatic heterocycles. The van der Waals surface area contributed by atoms with Crippen LogP contribution in [0, 0.1) is 10.8 Å². The summed E-state index contributed by atoms with van der Waals surface area (Å²) in [6.45, 7) is 16.0. The van der Waals surface area contributed by atoms with E-state index in [0.29, 0.717) is 0 Å². The Balaban J connectivity index is 4.70. The molecule has 0 amide bonds. The zero-order valence-electron chi connectivity index (χ0n) is 11.5. The minimum absolute atomic E-state index is 0.0491. The van der Waals surface area contributed by atoms with Crippen LogP contribution in [0.1, 0.15) is 61.8 Å². The van der Waals surface area contributed by atoms with Gasteiger partial charge in [0.25, 0.3) is 0 Å². The van der Waals surface area contributed by atoms with Crippen molar-refractivity contribution in [3.05, 3.63) is 0 Å². The molecule has 2 heteroatoms. The smallest absolute Gasteiger partial charge is 0.312 e. The second-order valence-corrected chi connectivity index (χ2v) is 6.39. The molecule has 0 saturated heterocycles. The molecule has 0 saturated carbocycles. The lowest BCUT2D eigenvalue weighted by Crippen LogP contribution is -2.44. The van der Waals surface area contributed by atoms with Gasteiger partial charge in [0, 0.05) is 5.41 Å². The number of esters is 1. The molecule has 0 heterocycles. The monoisotopic (exact) mass is 214 g/mol. The van der Waals surface area contributed by atoms with Gasteiger partial charge in [0.2, 0.25) is 0 Å². The fraction of sp³-hybridized carbons (Fsp3) is 0.923. The third kappa shape index (κ3) is 3.51. The van der Waals surface area contributed by atoms with E-state index in [4.69, 9.17) is 4.74 Å². The largest absolute Gasteiger partial charge is 0.459 e. The summed E-state index contributed by atoms with van der Waals surface area (Å²) < 4.78 is 5.62. The third-order valence-electron chi connectivity index (χ3n) is 3.59. The summed E-state index contributed by atoms with van der Waals surface area (Å²) in [5.41, 5.74) is -0.870. The Hall–Kier alpha value is -0.530. The van der Waals surface area contributed by atoms with Crippen LogP contribution < -0.4 is 0 Å². The molecule has 0 aromatic carbocycles. The highest BCUT2D eigenvalue weighted by molar-refractivity contribution is 5.76. The SMILES string of the molecule is CCC(C)(C)C(=O)OC(C)(C)C(C)(C)C. The summed E-state index contributed by atoms with van der Waals surface area (Å²) >= 11 is 0. The van der Waals surface area contributed by atoms with E-state index in [2.05, 4.69) is 20.8 Å². The lowest BCUT2D eigenvalue weighted by atomic mass is 9.78. The number of hydrogen-bond donors (Lipinski definition) is 0. The molecular formula is C13H26O2. The van der Waals surface area contributed by atoms with E-state index < -0.39 is 5.60 Å². The average molecular weight is 214 g/mol. The number of hydrogen-bond acceptors (Lipinski definition) is 2. The summed E-state index contributed by atoms with van der Waals surface area (Å²) in [5, 5.41) is 0. The molecule has 0 unspecified atom stereocenters. The average Bonchev–Trinajstić information content (AvgIpc) is 2.01. The topological polar surface area (TPSA) is 26.3 Å². The van der Waals surface area contributed by atoms with Crippen molar-refractivity contribution in [1.29, 1.82) is 0 Å². The van der Waals surface area contributed by atoms with Gasteiger partial charge in [-0.25, -0.2) is 0 Å². The van der Waals surface area contributed by atoms with Crippen molar-refractivity contribution < 1.29 is 9.53 Å². The fourth-order valence-corrected chi connectivity index (χ4v) is 0.667. The number of carbonyl (C=O) groups excluding carboxylic acids is 1. The van der Waals surface area contributed by atoms with Crippen LogP contribution in [0.4, 0.5) is 0 Å². The first-order valence-electron chi connectivity index (χ1n) is 5.67. The molecule has 90 valence electrons. The zero-order chi connectivity index (χ0) is 12.5. The van der Waals surface area contributed by atoms with Crippen molar-refractivity contribution in [3.8, 4) is 0 Å². The Bertz CT molecular complexity index is 231. The maximum Gasteiger partial charge on any atom is 0.312 e.